The quantitative estimate of drug-likeness (QED) is 0.311. The lowest BCUT2D eigenvalue weighted by Gasteiger charge is -2.07. The molecule has 0 aromatic carbocycles. The number of nitrogen functional groups attached to an aromatic ring is 1. The molecule has 0 saturated heterocycles. The van der Waals surface area contributed by atoms with Crippen molar-refractivity contribution >= 4 is 17.6 Å². The number of aromatic amines is 1. The van der Waals surface area contributed by atoms with Crippen LogP contribution >= 0.6 is 11.8 Å². The number of nitrogens with zero attached hydrogens (tertiary/aromatic N) is 3. The lowest BCUT2D eigenvalue weighted by Crippen LogP contribution is -2.12. The number of nitrogens with one attached hydrogen (secondary N) is 2. The second kappa shape index (κ2) is 7.16. The molecule has 0 saturated carbocycles. The summed E-state index contributed by atoms with van der Waals surface area (Å²) in [6.07, 6.45) is 0. The fourth-order valence-electron chi connectivity index (χ4n) is 1.56. The van der Waals surface area contributed by atoms with E-state index in [9.17, 15) is 4.79 Å². The normalized spacial score (nSPS) is 10.6. The van der Waals surface area contributed by atoms with Crippen molar-refractivity contribution < 1.29 is 4.74 Å². The van der Waals surface area contributed by atoms with Crippen LogP contribution in [0.25, 0.3) is 0 Å². The van der Waals surface area contributed by atoms with Crippen LogP contribution in [-0.4, -0.2) is 26.5 Å². The third-order valence-electron chi connectivity index (χ3n) is 2.38. The molecule has 0 atom stereocenters. The highest BCUT2D eigenvalue weighted by atomic mass is 32.2. The average molecular weight is 308 g/mol. The summed E-state index contributed by atoms with van der Waals surface area (Å²) in [4.78, 5) is 26.9. The Morgan fingerprint density at radius 2 is 2.19 bits per heavy atom. The Morgan fingerprint density at radius 1 is 1.38 bits per heavy atom. The second-order valence-corrected chi connectivity index (χ2v) is 5.09. The van der Waals surface area contributed by atoms with Gasteiger partial charge in [0.05, 0.1) is 0 Å². The highest BCUT2D eigenvalue weighted by molar-refractivity contribution is 7.99. The summed E-state index contributed by atoms with van der Waals surface area (Å²) in [5, 5.41) is 1.07. The van der Waals surface area contributed by atoms with Gasteiger partial charge in [-0.25, -0.2) is 20.8 Å². The van der Waals surface area contributed by atoms with E-state index in [1.54, 1.807) is 13.0 Å². The first-order chi connectivity index (χ1) is 10.1. The lowest BCUT2D eigenvalue weighted by atomic mass is 10.5. The largest absolute Gasteiger partial charge is 0.374 e. The van der Waals surface area contributed by atoms with Crippen molar-refractivity contribution in [2.45, 2.75) is 30.6 Å². The lowest BCUT2D eigenvalue weighted by molar-refractivity contribution is 0.128. The highest BCUT2D eigenvalue weighted by Crippen LogP contribution is 2.23. The van der Waals surface area contributed by atoms with Crippen LogP contribution in [0.3, 0.4) is 0 Å². The van der Waals surface area contributed by atoms with E-state index >= 15 is 0 Å². The van der Waals surface area contributed by atoms with E-state index in [-0.39, 0.29) is 12.2 Å². The van der Waals surface area contributed by atoms with Crippen LogP contribution in [0.15, 0.2) is 27.1 Å². The molecule has 2 rings (SSSR count). The molecule has 8 nitrogen and oxygen atoms in total. The number of H-pyrrole nitrogens is 1. The number of aromatic nitrogens is 4. The summed E-state index contributed by atoms with van der Waals surface area (Å²) < 4.78 is 5.29. The fourth-order valence-corrected chi connectivity index (χ4v) is 2.42. The van der Waals surface area contributed by atoms with Gasteiger partial charge in [-0.05, 0) is 25.6 Å². The van der Waals surface area contributed by atoms with Crippen molar-refractivity contribution in [3.63, 3.8) is 0 Å². The van der Waals surface area contributed by atoms with Crippen molar-refractivity contribution in [1.29, 1.82) is 0 Å². The standard InChI is InChI=1S/C12H16N6O2S/c1-3-20-6-9-15-8(18-13)5-11(16-9)21-12-14-7(2)4-10(19)17-12/h4-5H,3,6,13H2,1-2H3,(H,14,17,19)(H,15,16,18). The predicted octanol–water partition coefficient (Wildman–Crippen LogP) is 0.842. The molecule has 112 valence electrons. The summed E-state index contributed by atoms with van der Waals surface area (Å²) >= 11 is 1.22. The van der Waals surface area contributed by atoms with Crippen LogP contribution in [0.2, 0.25) is 0 Å². The molecule has 0 aliphatic rings. The Morgan fingerprint density at radius 3 is 2.86 bits per heavy atom. The molecule has 0 aliphatic carbocycles. The zero-order valence-corrected chi connectivity index (χ0v) is 12.5. The van der Waals surface area contributed by atoms with Gasteiger partial charge in [0.2, 0.25) is 0 Å². The zero-order valence-electron chi connectivity index (χ0n) is 11.7. The Hall–Kier alpha value is -1.97. The maximum absolute atomic E-state index is 11.4. The first-order valence-electron chi connectivity index (χ1n) is 6.29. The van der Waals surface area contributed by atoms with E-state index in [1.165, 1.54) is 17.8 Å². The molecular formula is C12H16N6O2S. The predicted molar refractivity (Wildman–Crippen MR) is 78.9 cm³/mol. The monoisotopic (exact) mass is 308 g/mol. The van der Waals surface area contributed by atoms with Crippen molar-refractivity contribution in [3.05, 3.63) is 34.0 Å². The van der Waals surface area contributed by atoms with Gasteiger partial charge in [-0.3, -0.25) is 4.79 Å². The molecule has 4 N–H and O–H groups in total. The van der Waals surface area contributed by atoms with E-state index in [1.807, 2.05) is 6.92 Å². The molecule has 2 aromatic rings. The van der Waals surface area contributed by atoms with Crippen LogP contribution in [0.4, 0.5) is 5.82 Å². The van der Waals surface area contributed by atoms with E-state index in [0.29, 0.717) is 34.1 Å². The van der Waals surface area contributed by atoms with Crippen molar-refractivity contribution in [2.75, 3.05) is 12.0 Å². The molecule has 0 unspecified atom stereocenters. The highest BCUT2D eigenvalue weighted by Gasteiger charge is 2.08. The number of hydrogen-bond donors (Lipinski definition) is 3. The Bertz CT molecular complexity index is 675. The minimum Gasteiger partial charge on any atom is -0.374 e. The topological polar surface area (TPSA) is 119 Å². The number of rotatable bonds is 6. The Balaban J connectivity index is 2.27. The van der Waals surface area contributed by atoms with Crippen molar-refractivity contribution in [3.8, 4) is 0 Å². The maximum Gasteiger partial charge on any atom is 0.251 e. The number of ether oxygens (including phenoxy) is 1. The van der Waals surface area contributed by atoms with Crippen LogP contribution in [0.1, 0.15) is 18.4 Å². The minimum absolute atomic E-state index is 0.203. The minimum atomic E-state index is -0.203. The molecule has 9 heteroatoms. The first kappa shape index (κ1) is 15.4. The summed E-state index contributed by atoms with van der Waals surface area (Å²) in [6, 6.07) is 3.10. The zero-order chi connectivity index (χ0) is 15.2. The van der Waals surface area contributed by atoms with Gasteiger partial charge in [-0.15, -0.1) is 0 Å². The van der Waals surface area contributed by atoms with E-state index in [2.05, 4.69) is 25.4 Å². The third kappa shape index (κ3) is 4.52. The van der Waals surface area contributed by atoms with Crippen LogP contribution in [-0.2, 0) is 11.3 Å². The smallest absolute Gasteiger partial charge is 0.251 e. The SMILES string of the molecule is CCOCc1nc(NN)cc(Sc2nc(C)cc(=O)[nH]2)n1. The van der Waals surface area contributed by atoms with Gasteiger partial charge in [0.25, 0.3) is 5.56 Å². The number of aryl methyl sites for hydroxylation is 1. The average Bonchev–Trinajstić information content (AvgIpc) is 2.43. The van der Waals surface area contributed by atoms with Gasteiger partial charge in [0.1, 0.15) is 17.5 Å². The fraction of sp³-hybridized carbons (Fsp3) is 0.333. The first-order valence-corrected chi connectivity index (χ1v) is 7.10. The van der Waals surface area contributed by atoms with Crippen LogP contribution in [0, 0.1) is 6.92 Å². The summed E-state index contributed by atoms with van der Waals surface area (Å²) in [5.74, 6) is 6.37. The summed E-state index contributed by atoms with van der Waals surface area (Å²) in [5.41, 5.74) is 2.92. The second-order valence-electron chi connectivity index (χ2n) is 4.08. The molecule has 2 heterocycles. The number of hydrogen-bond acceptors (Lipinski definition) is 8. The Kier molecular flexibility index (Phi) is 5.26. The molecule has 0 aliphatic heterocycles. The molecule has 2 aromatic heterocycles. The summed E-state index contributed by atoms with van der Waals surface area (Å²) in [7, 11) is 0. The van der Waals surface area contributed by atoms with Gasteiger partial charge in [0, 0.05) is 24.4 Å². The van der Waals surface area contributed by atoms with Gasteiger partial charge >= 0.3 is 0 Å². The molecular weight excluding hydrogens is 292 g/mol. The molecule has 21 heavy (non-hydrogen) atoms. The summed E-state index contributed by atoms with van der Waals surface area (Å²) in [6.45, 7) is 4.50. The van der Waals surface area contributed by atoms with Gasteiger partial charge in [-0.2, -0.15) is 0 Å². The van der Waals surface area contributed by atoms with Crippen LogP contribution in [0.5, 0.6) is 0 Å². The number of nitrogens with two attached hydrogens (primary N) is 1. The molecule has 0 bridgehead atoms. The Labute approximate surface area is 125 Å². The third-order valence-corrected chi connectivity index (χ3v) is 3.19. The van der Waals surface area contributed by atoms with E-state index in [4.69, 9.17) is 10.6 Å². The molecule has 0 radical (unpaired) electrons. The number of hydrazine groups is 1. The van der Waals surface area contributed by atoms with Gasteiger partial charge in [0.15, 0.2) is 11.0 Å². The molecule has 0 amide bonds. The van der Waals surface area contributed by atoms with E-state index in [0.717, 1.165) is 0 Å². The molecule has 0 spiro atoms. The van der Waals surface area contributed by atoms with Crippen molar-refractivity contribution in [1.82, 2.24) is 19.9 Å². The number of anilines is 1. The van der Waals surface area contributed by atoms with Gasteiger partial charge < -0.3 is 15.1 Å². The maximum atomic E-state index is 11.4. The van der Waals surface area contributed by atoms with E-state index < -0.39 is 0 Å². The molecule has 0 fully saturated rings. The van der Waals surface area contributed by atoms with Gasteiger partial charge in [-0.1, -0.05) is 0 Å². The van der Waals surface area contributed by atoms with Crippen LogP contribution < -0.4 is 16.8 Å². The van der Waals surface area contributed by atoms with Crippen molar-refractivity contribution in [2.24, 2.45) is 5.84 Å².